The third kappa shape index (κ3) is 6.17. The molecular weight excluding hydrogens is 264 g/mol. The lowest BCUT2D eigenvalue weighted by atomic mass is 9.92. The second-order valence-electron chi connectivity index (χ2n) is 5.91. The fourth-order valence-electron chi connectivity index (χ4n) is 1.98. The first-order valence-electron chi connectivity index (χ1n) is 7.64. The summed E-state index contributed by atoms with van der Waals surface area (Å²) in [6, 6.07) is 8.11. The third-order valence-electron chi connectivity index (χ3n) is 3.43. The molecule has 0 bridgehead atoms. The molecule has 0 saturated heterocycles. The van der Waals surface area contributed by atoms with Crippen molar-refractivity contribution in [1.82, 2.24) is 10.6 Å². The molecule has 4 heteroatoms. The Morgan fingerprint density at radius 1 is 1.24 bits per heavy atom. The third-order valence-corrected chi connectivity index (χ3v) is 3.43. The average molecular weight is 292 g/mol. The Kier molecular flexibility index (Phi) is 7.23. The van der Waals surface area contributed by atoms with Gasteiger partial charge in [-0.3, -0.25) is 4.79 Å². The summed E-state index contributed by atoms with van der Waals surface area (Å²) in [5.74, 6) is 0.965. The number of nitrogens with one attached hydrogen (secondary N) is 2. The van der Waals surface area contributed by atoms with E-state index in [1.165, 1.54) is 5.56 Å². The normalized spacial score (nSPS) is 11.2. The zero-order chi connectivity index (χ0) is 15.7. The molecule has 0 saturated carbocycles. The molecule has 0 radical (unpaired) electrons. The molecule has 0 spiro atoms. The monoisotopic (exact) mass is 292 g/mol. The van der Waals surface area contributed by atoms with Crippen LogP contribution in [0.5, 0.6) is 5.75 Å². The fourth-order valence-corrected chi connectivity index (χ4v) is 1.98. The molecule has 0 aromatic heterocycles. The Balaban J connectivity index is 2.37. The van der Waals surface area contributed by atoms with Crippen molar-refractivity contribution in [2.45, 2.75) is 40.2 Å². The van der Waals surface area contributed by atoms with E-state index < -0.39 is 5.41 Å². The number of amides is 1. The van der Waals surface area contributed by atoms with Crippen LogP contribution in [0.4, 0.5) is 0 Å². The Bertz CT molecular complexity index is 427. The van der Waals surface area contributed by atoms with Gasteiger partial charge in [-0.05, 0) is 38.0 Å². The van der Waals surface area contributed by atoms with E-state index in [1.807, 2.05) is 26.0 Å². The topological polar surface area (TPSA) is 50.4 Å². The van der Waals surface area contributed by atoms with E-state index in [2.05, 4.69) is 29.7 Å². The van der Waals surface area contributed by atoms with Crippen LogP contribution in [0.25, 0.3) is 0 Å². The standard InChI is InChI=1S/C17H28N2O2/c1-5-6-11-21-15-9-7-14(8-10-15)12-19-13-17(2,3)16(20)18-4/h7-10,19H,5-6,11-13H2,1-4H3,(H,18,20). The van der Waals surface area contributed by atoms with Gasteiger partial charge in [0.1, 0.15) is 5.75 Å². The minimum Gasteiger partial charge on any atom is -0.494 e. The van der Waals surface area contributed by atoms with Crippen LogP contribution < -0.4 is 15.4 Å². The Morgan fingerprint density at radius 2 is 1.90 bits per heavy atom. The van der Waals surface area contributed by atoms with Crippen LogP contribution in [-0.4, -0.2) is 26.1 Å². The van der Waals surface area contributed by atoms with Crippen LogP contribution in [0, 0.1) is 5.41 Å². The number of unbranched alkanes of at least 4 members (excludes halogenated alkanes) is 1. The average Bonchev–Trinajstić information content (AvgIpc) is 2.48. The van der Waals surface area contributed by atoms with Crippen molar-refractivity contribution in [3.05, 3.63) is 29.8 Å². The number of hydrogen-bond donors (Lipinski definition) is 2. The van der Waals surface area contributed by atoms with Crippen LogP contribution in [-0.2, 0) is 11.3 Å². The maximum absolute atomic E-state index is 11.7. The summed E-state index contributed by atoms with van der Waals surface area (Å²) < 4.78 is 5.63. The van der Waals surface area contributed by atoms with Gasteiger partial charge in [-0.15, -0.1) is 0 Å². The summed E-state index contributed by atoms with van der Waals surface area (Å²) in [5, 5.41) is 6.02. The SMILES string of the molecule is CCCCOc1ccc(CNCC(C)(C)C(=O)NC)cc1. The molecule has 0 aliphatic carbocycles. The van der Waals surface area contributed by atoms with E-state index in [1.54, 1.807) is 7.05 Å². The minimum atomic E-state index is -0.405. The lowest BCUT2D eigenvalue weighted by Crippen LogP contribution is -2.41. The molecule has 0 atom stereocenters. The molecule has 0 heterocycles. The Morgan fingerprint density at radius 3 is 2.48 bits per heavy atom. The van der Waals surface area contributed by atoms with E-state index in [4.69, 9.17) is 4.74 Å². The molecule has 0 fully saturated rings. The lowest BCUT2D eigenvalue weighted by molar-refractivity contribution is -0.128. The van der Waals surface area contributed by atoms with E-state index in [-0.39, 0.29) is 5.91 Å². The van der Waals surface area contributed by atoms with Gasteiger partial charge in [-0.25, -0.2) is 0 Å². The molecule has 4 nitrogen and oxygen atoms in total. The van der Waals surface area contributed by atoms with Gasteiger partial charge < -0.3 is 15.4 Å². The van der Waals surface area contributed by atoms with Crippen molar-refractivity contribution >= 4 is 5.91 Å². The summed E-state index contributed by atoms with van der Waals surface area (Å²) in [6.07, 6.45) is 2.22. The van der Waals surface area contributed by atoms with Crippen molar-refractivity contribution in [2.24, 2.45) is 5.41 Å². The molecule has 1 rings (SSSR count). The van der Waals surface area contributed by atoms with Gasteiger partial charge in [-0.2, -0.15) is 0 Å². The second kappa shape index (κ2) is 8.67. The molecule has 1 aromatic carbocycles. The number of carbonyl (C=O) groups is 1. The van der Waals surface area contributed by atoms with E-state index in [0.29, 0.717) is 6.54 Å². The van der Waals surface area contributed by atoms with Gasteiger partial charge in [0.15, 0.2) is 0 Å². The van der Waals surface area contributed by atoms with Crippen molar-refractivity contribution in [3.8, 4) is 5.75 Å². The molecule has 0 aliphatic heterocycles. The molecular formula is C17H28N2O2. The highest BCUT2D eigenvalue weighted by Crippen LogP contribution is 2.15. The highest BCUT2D eigenvalue weighted by Gasteiger charge is 2.25. The number of benzene rings is 1. The van der Waals surface area contributed by atoms with Crippen molar-refractivity contribution in [3.63, 3.8) is 0 Å². The van der Waals surface area contributed by atoms with Crippen molar-refractivity contribution < 1.29 is 9.53 Å². The van der Waals surface area contributed by atoms with Crippen LogP contribution in [0.15, 0.2) is 24.3 Å². The molecule has 118 valence electrons. The summed E-state index contributed by atoms with van der Waals surface area (Å²) in [6.45, 7) is 8.18. The first-order valence-corrected chi connectivity index (χ1v) is 7.64. The second-order valence-corrected chi connectivity index (χ2v) is 5.91. The Hall–Kier alpha value is -1.55. The summed E-state index contributed by atoms with van der Waals surface area (Å²) in [4.78, 5) is 11.7. The quantitative estimate of drug-likeness (QED) is 0.688. The highest BCUT2D eigenvalue weighted by atomic mass is 16.5. The van der Waals surface area contributed by atoms with Gasteiger partial charge in [0, 0.05) is 20.1 Å². The number of ether oxygens (including phenoxy) is 1. The fraction of sp³-hybridized carbons (Fsp3) is 0.588. The van der Waals surface area contributed by atoms with E-state index >= 15 is 0 Å². The summed E-state index contributed by atoms with van der Waals surface area (Å²) in [5.41, 5.74) is 0.781. The van der Waals surface area contributed by atoms with Gasteiger partial charge in [-0.1, -0.05) is 25.5 Å². The maximum Gasteiger partial charge on any atom is 0.226 e. The van der Waals surface area contributed by atoms with Crippen LogP contribution in [0.2, 0.25) is 0 Å². The molecule has 0 aliphatic rings. The molecule has 1 aromatic rings. The van der Waals surface area contributed by atoms with E-state index in [9.17, 15) is 4.79 Å². The largest absolute Gasteiger partial charge is 0.494 e. The molecule has 1 amide bonds. The van der Waals surface area contributed by atoms with Gasteiger partial charge >= 0.3 is 0 Å². The summed E-state index contributed by atoms with van der Waals surface area (Å²) in [7, 11) is 1.67. The first kappa shape index (κ1) is 17.5. The minimum absolute atomic E-state index is 0.0506. The van der Waals surface area contributed by atoms with Gasteiger partial charge in [0.25, 0.3) is 0 Å². The maximum atomic E-state index is 11.7. The zero-order valence-corrected chi connectivity index (χ0v) is 13.7. The number of hydrogen-bond acceptors (Lipinski definition) is 3. The first-order chi connectivity index (χ1) is 9.99. The van der Waals surface area contributed by atoms with Crippen molar-refractivity contribution in [1.29, 1.82) is 0 Å². The Labute approximate surface area is 128 Å². The predicted octanol–water partition coefficient (Wildman–Crippen LogP) is 2.73. The van der Waals surface area contributed by atoms with Crippen LogP contribution in [0.1, 0.15) is 39.2 Å². The number of carbonyl (C=O) groups excluding carboxylic acids is 1. The lowest BCUT2D eigenvalue weighted by Gasteiger charge is -2.23. The van der Waals surface area contributed by atoms with Gasteiger partial charge in [0.05, 0.1) is 12.0 Å². The zero-order valence-electron chi connectivity index (χ0n) is 13.7. The molecule has 21 heavy (non-hydrogen) atoms. The smallest absolute Gasteiger partial charge is 0.226 e. The highest BCUT2D eigenvalue weighted by molar-refractivity contribution is 5.81. The molecule has 0 unspecified atom stereocenters. The van der Waals surface area contributed by atoms with Gasteiger partial charge in [0.2, 0.25) is 5.91 Å². The predicted molar refractivity (Wildman–Crippen MR) is 86.4 cm³/mol. The summed E-state index contributed by atoms with van der Waals surface area (Å²) >= 11 is 0. The van der Waals surface area contributed by atoms with Crippen LogP contribution >= 0.6 is 0 Å². The molecule has 2 N–H and O–H groups in total. The van der Waals surface area contributed by atoms with E-state index in [0.717, 1.165) is 31.7 Å². The number of rotatable bonds is 9. The van der Waals surface area contributed by atoms with Crippen molar-refractivity contribution in [2.75, 3.05) is 20.2 Å². The van der Waals surface area contributed by atoms with Crippen LogP contribution in [0.3, 0.4) is 0 Å².